The van der Waals surface area contributed by atoms with Gasteiger partial charge < -0.3 is 10.1 Å². The standard InChI is InChI=1S/C9H17NO/c1-8(6-10-2)7-11-9-4-3-5-9/h9-10H,1,3-7H2,2H3. The largest absolute Gasteiger partial charge is 0.374 e. The molecule has 64 valence electrons. The van der Waals surface area contributed by atoms with E-state index in [-0.39, 0.29) is 0 Å². The van der Waals surface area contributed by atoms with Crippen LogP contribution in [0, 0.1) is 0 Å². The van der Waals surface area contributed by atoms with Crippen molar-refractivity contribution in [3.05, 3.63) is 12.2 Å². The molecule has 1 aliphatic rings. The van der Waals surface area contributed by atoms with E-state index in [1.165, 1.54) is 19.3 Å². The van der Waals surface area contributed by atoms with Crippen LogP contribution in [0.25, 0.3) is 0 Å². The fourth-order valence-electron chi connectivity index (χ4n) is 1.07. The molecule has 0 aromatic rings. The molecule has 0 radical (unpaired) electrons. The summed E-state index contributed by atoms with van der Waals surface area (Å²) < 4.78 is 5.55. The van der Waals surface area contributed by atoms with Crippen molar-refractivity contribution in [2.75, 3.05) is 20.2 Å². The molecule has 1 rings (SSSR count). The van der Waals surface area contributed by atoms with Crippen molar-refractivity contribution < 1.29 is 4.74 Å². The zero-order valence-corrected chi connectivity index (χ0v) is 7.23. The number of nitrogens with one attached hydrogen (secondary N) is 1. The molecule has 2 nitrogen and oxygen atoms in total. The second kappa shape index (κ2) is 4.52. The zero-order valence-electron chi connectivity index (χ0n) is 7.23. The van der Waals surface area contributed by atoms with Gasteiger partial charge in [-0.3, -0.25) is 0 Å². The molecule has 0 bridgehead atoms. The average Bonchev–Trinajstić information content (AvgIpc) is 1.85. The number of hydrogen-bond acceptors (Lipinski definition) is 2. The van der Waals surface area contributed by atoms with Crippen LogP contribution in [0.3, 0.4) is 0 Å². The van der Waals surface area contributed by atoms with Gasteiger partial charge in [-0.2, -0.15) is 0 Å². The van der Waals surface area contributed by atoms with E-state index in [2.05, 4.69) is 11.9 Å². The molecule has 2 heteroatoms. The third-order valence-corrected chi connectivity index (χ3v) is 2.00. The maximum absolute atomic E-state index is 5.55. The first-order chi connectivity index (χ1) is 5.33. The van der Waals surface area contributed by atoms with E-state index < -0.39 is 0 Å². The fourth-order valence-corrected chi connectivity index (χ4v) is 1.07. The van der Waals surface area contributed by atoms with Crippen LogP contribution in [0.15, 0.2) is 12.2 Å². The molecule has 0 spiro atoms. The van der Waals surface area contributed by atoms with E-state index >= 15 is 0 Å². The average molecular weight is 155 g/mol. The lowest BCUT2D eigenvalue weighted by atomic mass is 9.96. The van der Waals surface area contributed by atoms with Gasteiger partial charge >= 0.3 is 0 Å². The Morgan fingerprint density at radius 3 is 2.82 bits per heavy atom. The molecule has 0 heterocycles. The molecule has 1 aliphatic carbocycles. The van der Waals surface area contributed by atoms with Gasteiger partial charge in [-0.15, -0.1) is 0 Å². The van der Waals surface area contributed by atoms with E-state index in [0.717, 1.165) is 18.7 Å². The van der Waals surface area contributed by atoms with Crippen LogP contribution >= 0.6 is 0 Å². The lowest BCUT2D eigenvalue weighted by Gasteiger charge is -2.25. The molecule has 0 amide bonds. The summed E-state index contributed by atoms with van der Waals surface area (Å²) in [4.78, 5) is 0. The van der Waals surface area contributed by atoms with Crippen LogP contribution in [0.4, 0.5) is 0 Å². The first kappa shape index (κ1) is 8.75. The van der Waals surface area contributed by atoms with Gasteiger partial charge in [0.25, 0.3) is 0 Å². The van der Waals surface area contributed by atoms with E-state index in [1.54, 1.807) is 0 Å². The van der Waals surface area contributed by atoms with E-state index in [0.29, 0.717) is 6.10 Å². The van der Waals surface area contributed by atoms with Crippen LogP contribution < -0.4 is 5.32 Å². The van der Waals surface area contributed by atoms with Crippen LogP contribution in [-0.4, -0.2) is 26.3 Å². The molecule has 0 unspecified atom stereocenters. The quantitative estimate of drug-likeness (QED) is 0.605. The molecule has 0 saturated heterocycles. The Kier molecular flexibility index (Phi) is 3.60. The van der Waals surface area contributed by atoms with Crippen LogP contribution in [-0.2, 0) is 4.74 Å². The van der Waals surface area contributed by atoms with Crippen molar-refractivity contribution in [1.29, 1.82) is 0 Å². The van der Waals surface area contributed by atoms with Gasteiger partial charge in [0.1, 0.15) is 0 Å². The minimum atomic E-state index is 0.531. The Hall–Kier alpha value is -0.340. The minimum absolute atomic E-state index is 0.531. The number of hydrogen-bond donors (Lipinski definition) is 1. The summed E-state index contributed by atoms with van der Waals surface area (Å²) >= 11 is 0. The van der Waals surface area contributed by atoms with Crippen LogP contribution in [0.1, 0.15) is 19.3 Å². The summed E-state index contributed by atoms with van der Waals surface area (Å²) in [5.41, 5.74) is 1.14. The van der Waals surface area contributed by atoms with Gasteiger partial charge in [0.15, 0.2) is 0 Å². The highest BCUT2D eigenvalue weighted by Crippen LogP contribution is 2.21. The Morgan fingerprint density at radius 2 is 2.36 bits per heavy atom. The lowest BCUT2D eigenvalue weighted by molar-refractivity contribution is 0.0149. The van der Waals surface area contributed by atoms with Crippen molar-refractivity contribution in [1.82, 2.24) is 5.32 Å². The molecular formula is C9H17NO. The highest BCUT2D eigenvalue weighted by Gasteiger charge is 2.17. The summed E-state index contributed by atoms with van der Waals surface area (Å²) in [5, 5.41) is 3.05. The zero-order chi connectivity index (χ0) is 8.10. The smallest absolute Gasteiger partial charge is 0.0690 e. The van der Waals surface area contributed by atoms with Gasteiger partial charge in [-0.1, -0.05) is 6.58 Å². The number of rotatable bonds is 5. The summed E-state index contributed by atoms with van der Waals surface area (Å²) in [5.74, 6) is 0. The SMILES string of the molecule is C=C(CNC)COC1CCC1. The Bertz CT molecular complexity index is 130. The summed E-state index contributed by atoms with van der Waals surface area (Å²) in [6.07, 6.45) is 4.35. The van der Waals surface area contributed by atoms with Crippen molar-refractivity contribution in [3.8, 4) is 0 Å². The molecule has 1 N–H and O–H groups in total. The lowest BCUT2D eigenvalue weighted by Crippen LogP contribution is -2.24. The Morgan fingerprint density at radius 1 is 1.64 bits per heavy atom. The molecule has 1 fully saturated rings. The normalized spacial score (nSPS) is 17.9. The van der Waals surface area contributed by atoms with E-state index in [4.69, 9.17) is 4.74 Å². The summed E-state index contributed by atoms with van der Waals surface area (Å²) in [7, 11) is 1.93. The highest BCUT2D eigenvalue weighted by atomic mass is 16.5. The predicted octanol–water partition coefficient (Wildman–Crippen LogP) is 1.33. The van der Waals surface area contributed by atoms with Gasteiger partial charge in [0.05, 0.1) is 12.7 Å². The number of likely N-dealkylation sites (N-methyl/N-ethyl adjacent to an activating group) is 1. The van der Waals surface area contributed by atoms with Gasteiger partial charge in [0.2, 0.25) is 0 Å². The van der Waals surface area contributed by atoms with Gasteiger partial charge in [0, 0.05) is 6.54 Å². The predicted molar refractivity (Wildman–Crippen MR) is 46.7 cm³/mol. The third-order valence-electron chi connectivity index (χ3n) is 2.00. The first-order valence-electron chi connectivity index (χ1n) is 4.26. The number of ether oxygens (including phenoxy) is 1. The molecule has 0 aromatic carbocycles. The maximum atomic E-state index is 5.55. The third kappa shape index (κ3) is 3.04. The highest BCUT2D eigenvalue weighted by molar-refractivity contribution is 4.96. The molecular weight excluding hydrogens is 138 g/mol. The molecule has 0 aliphatic heterocycles. The van der Waals surface area contributed by atoms with E-state index in [1.807, 2.05) is 7.05 Å². The van der Waals surface area contributed by atoms with Crippen LogP contribution in [0.5, 0.6) is 0 Å². The first-order valence-corrected chi connectivity index (χ1v) is 4.26. The summed E-state index contributed by atoms with van der Waals surface area (Å²) in [6, 6.07) is 0. The van der Waals surface area contributed by atoms with Gasteiger partial charge in [-0.25, -0.2) is 0 Å². The molecule has 1 saturated carbocycles. The summed E-state index contributed by atoms with van der Waals surface area (Å²) in [6.45, 7) is 5.48. The second-order valence-electron chi connectivity index (χ2n) is 3.14. The fraction of sp³-hybridized carbons (Fsp3) is 0.778. The second-order valence-corrected chi connectivity index (χ2v) is 3.14. The monoisotopic (exact) mass is 155 g/mol. The van der Waals surface area contributed by atoms with Crippen molar-refractivity contribution in [3.63, 3.8) is 0 Å². The Labute approximate surface area is 68.6 Å². The Balaban J connectivity index is 1.96. The van der Waals surface area contributed by atoms with Gasteiger partial charge in [-0.05, 0) is 31.9 Å². The molecule has 11 heavy (non-hydrogen) atoms. The van der Waals surface area contributed by atoms with Crippen LogP contribution in [0.2, 0.25) is 0 Å². The van der Waals surface area contributed by atoms with Crippen molar-refractivity contribution >= 4 is 0 Å². The van der Waals surface area contributed by atoms with Crippen molar-refractivity contribution in [2.45, 2.75) is 25.4 Å². The topological polar surface area (TPSA) is 21.3 Å². The maximum Gasteiger partial charge on any atom is 0.0690 e. The molecule has 0 aromatic heterocycles. The van der Waals surface area contributed by atoms with E-state index in [9.17, 15) is 0 Å². The minimum Gasteiger partial charge on any atom is -0.374 e. The van der Waals surface area contributed by atoms with Crippen molar-refractivity contribution in [2.24, 2.45) is 0 Å². The molecule has 0 atom stereocenters.